The fourth-order valence-electron chi connectivity index (χ4n) is 5.10. The van der Waals surface area contributed by atoms with Crippen LogP contribution in [0.2, 0.25) is 0 Å². The van der Waals surface area contributed by atoms with Crippen LogP contribution in [0.15, 0.2) is 25.3 Å². The molecule has 1 saturated heterocycles. The van der Waals surface area contributed by atoms with Gasteiger partial charge < -0.3 is 14.9 Å². The SMILES string of the molecule is C=CC[C@@H]1C[C@@]2(O)C[C@@H](CC=C)[C@H]3CC[C@H](O)C[C@@]32O1. The van der Waals surface area contributed by atoms with Crippen molar-refractivity contribution in [3.8, 4) is 0 Å². The first-order chi connectivity index (χ1) is 9.54. The van der Waals surface area contributed by atoms with E-state index in [9.17, 15) is 10.2 Å². The molecule has 2 N–H and O–H groups in total. The zero-order valence-electron chi connectivity index (χ0n) is 12.1. The summed E-state index contributed by atoms with van der Waals surface area (Å²) < 4.78 is 6.35. The summed E-state index contributed by atoms with van der Waals surface area (Å²) in [6, 6.07) is 0. The molecule has 1 aliphatic heterocycles. The van der Waals surface area contributed by atoms with Crippen molar-refractivity contribution in [1.29, 1.82) is 0 Å². The molecule has 3 fully saturated rings. The monoisotopic (exact) mass is 278 g/mol. The first-order valence-electron chi connectivity index (χ1n) is 7.85. The molecule has 20 heavy (non-hydrogen) atoms. The zero-order valence-corrected chi connectivity index (χ0v) is 12.1. The zero-order chi connectivity index (χ0) is 14.4. The summed E-state index contributed by atoms with van der Waals surface area (Å²) in [5.74, 6) is 0.790. The molecule has 1 heterocycles. The summed E-state index contributed by atoms with van der Waals surface area (Å²) in [6.07, 6.45) is 9.04. The van der Waals surface area contributed by atoms with Gasteiger partial charge in [-0.3, -0.25) is 0 Å². The number of rotatable bonds is 4. The van der Waals surface area contributed by atoms with Gasteiger partial charge in [-0.15, -0.1) is 13.2 Å². The maximum absolute atomic E-state index is 11.2. The lowest BCUT2D eigenvalue weighted by molar-refractivity contribution is -0.172. The van der Waals surface area contributed by atoms with E-state index in [-0.39, 0.29) is 12.2 Å². The average molecular weight is 278 g/mol. The van der Waals surface area contributed by atoms with Gasteiger partial charge in [-0.05, 0) is 43.9 Å². The van der Waals surface area contributed by atoms with Crippen LogP contribution in [0.25, 0.3) is 0 Å². The van der Waals surface area contributed by atoms with Gasteiger partial charge in [0.2, 0.25) is 0 Å². The Morgan fingerprint density at radius 2 is 1.85 bits per heavy atom. The summed E-state index contributed by atoms with van der Waals surface area (Å²) in [4.78, 5) is 0. The lowest BCUT2D eigenvalue weighted by Gasteiger charge is -2.45. The molecule has 0 amide bonds. The van der Waals surface area contributed by atoms with Crippen LogP contribution < -0.4 is 0 Å². The highest BCUT2D eigenvalue weighted by molar-refractivity contribution is 5.20. The Morgan fingerprint density at radius 3 is 2.55 bits per heavy atom. The van der Waals surface area contributed by atoms with Gasteiger partial charge in [-0.25, -0.2) is 0 Å². The van der Waals surface area contributed by atoms with Crippen molar-refractivity contribution in [2.45, 2.75) is 68.4 Å². The number of hydrogen-bond acceptors (Lipinski definition) is 3. The van der Waals surface area contributed by atoms with Gasteiger partial charge in [0.05, 0.1) is 17.8 Å². The Morgan fingerprint density at radius 1 is 1.10 bits per heavy atom. The highest BCUT2D eigenvalue weighted by Crippen LogP contribution is 2.62. The molecule has 3 rings (SSSR count). The van der Waals surface area contributed by atoms with Crippen molar-refractivity contribution in [3.05, 3.63) is 25.3 Å². The molecule has 3 heteroatoms. The molecule has 0 radical (unpaired) electrons. The summed E-state index contributed by atoms with van der Waals surface area (Å²) >= 11 is 0. The molecule has 112 valence electrons. The molecule has 0 aromatic heterocycles. The fraction of sp³-hybridized carbons (Fsp3) is 0.765. The topological polar surface area (TPSA) is 49.7 Å². The lowest BCUT2D eigenvalue weighted by Crippen LogP contribution is -2.54. The number of aliphatic hydroxyl groups excluding tert-OH is 1. The van der Waals surface area contributed by atoms with E-state index in [2.05, 4.69) is 13.2 Å². The predicted molar refractivity (Wildman–Crippen MR) is 78.3 cm³/mol. The summed E-state index contributed by atoms with van der Waals surface area (Å²) in [5, 5.41) is 21.3. The van der Waals surface area contributed by atoms with E-state index in [1.165, 1.54) is 0 Å². The molecule has 0 unspecified atom stereocenters. The quantitative estimate of drug-likeness (QED) is 0.777. The lowest BCUT2D eigenvalue weighted by atomic mass is 9.69. The predicted octanol–water partition coefficient (Wildman–Crippen LogP) is 2.58. The van der Waals surface area contributed by atoms with Crippen molar-refractivity contribution in [3.63, 3.8) is 0 Å². The van der Waals surface area contributed by atoms with Gasteiger partial charge in [0.15, 0.2) is 0 Å². The Bertz CT molecular complexity index is 407. The van der Waals surface area contributed by atoms with E-state index < -0.39 is 11.2 Å². The molecule has 1 spiro atoms. The van der Waals surface area contributed by atoms with Crippen LogP contribution in [-0.2, 0) is 4.74 Å². The van der Waals surface area contributed by atoms with Gasteiger partial charge in [0.1, 0.15) is 5.60 Å². The van der Waals surface area contributed by atoms with Crippen LogP contribution in [0.5, 0.6) is 0 Å². The van der Waals surface area contributed by atoms with E-state index in [0.29, 0.717) is 24.7 Å². The second kappa shape index (κ2) is 4.97. The van der Waals surface area contributed by atoms with Crippen molar-refractivity contribution < 1.29 is 14.9 Å². The molecule has 3 aliphatic rings. The van der Waals surface area contributed by atoms with Crippen molar-refractivity contribution >= 4 is 0 Å². The maximum atomic E-state index is 11.2. The minimum absolute atomic E-state index is 0.0509. The Kier molecular flexibility index (Phi) is 3.56. The van der Waals surface area contributed by atoms with E-state index in [4.69, 9.17) is 4.74 Å². The van der Waals surface area contributed by atoms with E-state index in [0.717, 1.165) is 32.1 Å². The highest BCUT2D eigenvalue weighted by atomic mass is 16.5. The largest absolute Gasteiger partial charge is 0.393 e. The maximum Gasteiger partial charge on any atom is 0.103 e. The molecule has 6 atom stereocenters. The van der Waals surface area contributed by atoms with Crippen LogP contribution in [0.1, 0.15) is 44.9 Å². The fourth-order valence-corrected chi connectivity index (χ4v) is 5.10. The number of hydrogen-bond donors (Lipinski definition) is 2. The average Bonchev–Trinajstić information content (AvgIpc) is 2.73. The highest BCUT2D eigenvalue weighted by Gasteiger charge is 2.69. The van der Waals surface area contributed by atoms with Gasteiger partial charge in [-0.2, -0.15) is 0 Å². The molecular formula is C17H26O3. The first kappa shape index (κ1) is 14.3. The molecule has 0 aromatic rings. The van der Waals surface area contributed by atoms with Crippen LogP contribution in [0, 0.1) is 11.8 Å². The first-order valence-corrected chi connectivity index (χ1v) is 7.85. The minimum atomic E-state index is -0.777. The van der Waals surface area contributed by atoms with Gasteiger partial charge >= 0.3 is 0 Å². The second-order valence-corrected chi connectivity index (χ2v) is 6.92. The Balaban J connectivity index is 1.92. The third kappa shape index (κ3) is 1.91. The van der Waals surface area contributed by atoms with Gasteiger partial charge in [0.25, 0.3) is 0 Å². The summed E-state index contributed by atoms with van der Waals surface area (Å²) in [5.41, 5.74) is -1.31. The Hall–Kier alpha value is -0.640. The molecule has 2 aliphatic carbocycles. The van der Waals surface area contributed by atoms with Gasteiger partial charge in [-0.1, -0.05) is 12.2 Å². The van der Waals surface area contributed by atoms with Crippen molar-refractivity contribution in [1.82, 2.24) is 0 Å². The van der Waals surface area contributed by atoms with Crippen molar-refractivity contribution in [2.24, 2.45) is 11.8 Å². The van der Waals surface area contributed by atoms with Crippen LogP contribution in [0.3, 0.4) is 0 Å². The van der Waals surface area contributed by atoms with E-state index in [1.54, 1.807) is 0 Å². The third-order valence-electron chi connectivity index (χ3n) is 5.75. The molecular weight excluding hydrogens is 252 g/mol. The van der Waals surface area contributed by atoms with E-state index in [1.807, 2.05) is 12.2 Å². The number of aliphatic hydroxyl groups is 2. The van der Waals surface area contributed by atoms with Crippen LogP contribution in [0.4, 0.5) is 0 Å². The summed E-state index contributed by atoms with van der Waals surface area (Å²) in [7, 11) is 0. The van der Waals surface area contributed by atoms with Gasteiger partial charge in [0, 0.05) is 12.8 Å². The molecule has 0 bridgehead atoms. The third-order valence-corrected chi connectivity index (χ3v) is 5.75. The van der Waals surface area contributed by atoms with E-state index >= 15 is 0 Å². The molecule has 2 saturated carbocycles. The van der Waals surface area contributed by atoms with Crippen molar-refractivity contribution in [2.75, 3.05) is 0 Å². The number of ether oxygens (including phenoxy) is 1. The molecule has 0 aromatic carbocycles. The number of allylic oxidation sites excluding steroid dienone is 1. The normalized spacial score (nSPS) is 50.5. The Labute approximate surface area is 121 Å². The second-order valence-electron chi connectivity index (χ2n) is 6.92. The molecule has 3 nitrogen and oxygen atoms in total. The minimum Gasteiger partial charge on any atom is -0.393 e. The van der Waals surface area contributed by atoms with Crippen LogP contribution in [-0.4, -0.2) is 33.6 Å². The summed E-state index contributed by atoms with van der Waals surface area (Å²) in [6.45, 7) is 7.63. The van der Waals surface area contributed by atoms with Crippen LogP contribution >= 0.6 is 0 Å². The smallest absolute Gasteiger partial charge is 0.103 e. The standard InChI is InChI=1S/C17H26O3/c1-3-5-12-9-16(19)11-14(6-4-2)20-17(16)10-13(18)7-8-15(12)17/h3-4,12-15,18-19H,1-2,5-11H2/t12-,13+,14-,15-,16+,17-/m1/s1.